The summed E-state index contributed by atoms with van der Waals surface area (Å²) in [5.74, 6) is 0. The van der Waals surface area contributed by atoms with Gasteiger partial charge in [0.1, 0.15) is 0 Å². The lowest BCUT2D eigenvalue weighted by Gasteiger charge is -2.30. The average molecular weight is 467 g/mol. The van der Waals surface area contributed by atoms with Crippen molar-refractivity contribution in [1.29, 1.82) is 0 Å². The summed E-state index contributed by atoms with van der Waals surface area (Å²) in [5.41, 5.74) is 7.32. The first-order valence-corrected chi connectivity index (χ1v) is 13.0. The van der Waals surface area contributed by atoms with Gasteiger partial charge in [-0.25, -0.2) is 0 Å². The lowest BCUT2D eigenvalue weighted by atomic mass is 9.98. The number of para-hydroxylation sites is 2. The van der Waals surface area contributed by atoms with Gasteiger partial charge in [0.25, 0.3) is 0 Å². The summed E-state index contributed by atoms with van der Waals surface area (Å²) in [5, 5.41) is 7.29. The number of hydrazone groups is 1. The maximum Gasteiger partial charge on any atom is 0.0851 e. The van der Waals surface area contributed by atoms with Gasteiger partial charge in [-0.05, 0) is 69.7 Å². The highest BCUT2D eigenvalue weighted by molar-refractivity contribution is 6.01. The monoisotopic (exact) mass is 466 g/mol. The molecule has 0 aliphatic carbocycles. The van der Waals surface area contributed by atoms with Crippen molar-refractivity contribution in [3.8, 4) is 0 Å². The lowest BCUT2D eigenvalue weighted by molar-refractivity contribution is 0.702. The fourth-order valence-electron chi connectivity index (χ4n) is 4.89. The van der Waals surface area contributed by atoms with Crippen LogP contribution in [0.1, 0.15) is 51.3 Å². The van der Waals surface area contributed by atoms with E-state index in [9.17, 15) is 0 Å². The molecule has 0 spiro atoms. The fourth-order valence-corrected chi connectivity index (χ4v) is 4.89. The zero-order valence-corrected chi connectivity index (χ0v) is 21.6. The molecule has 0 bridgehead atoms. The van der Waals surface area contributed by atoms with E-state index in [2.05, 4.69) is 134 Å². The summed E-state index contributed by atoms with van der Waals surface area (Å²) in [6.07, 6.45) is 5.25. The molecule has 3 aromatic rings. The molecule has 4 heteroatoms. The molecule has 0 amide bonds. The third kappa shape index (κ3) is 5.59. The number of benzene rings is 3. The number of allylic oxidation sites excluding steroid dienone is 1. The van der Waals surface area contributed by atoms with Gasteiger partial charge in [-0.3, -0.25) is 5.01 Å². The Balaban J connectivity index is 1.62. The lowest BCUT2D eigenvalue weighted by Crippen LogP contribution is -2.26. The van der Waals surface area contributed by atoms with E-state index in [0.29, 0.717) is 0 Å². The molecule has 4 nitrogen and oxygen atoms in total. The molecule has 4 rings (SSSR count). The Bertz CT molecular complexity index is 1130. The van der Waals surface area contributed by atoms with Crippen molar-refractivity contribution >= 4 is 28.8 Å². The van der Waals surface area contributed by atoms with Crippen LogP contribution in [-0.2, 0) is 0 Å². The molecule has 0 saturated heterocycles. The summed E-state index contributed by atoms with van der Waals surface area (Å²) in [7, 11) is 0. The third-order valence-corrected chi connectivity index (χ3v) is 6.84. The van der Waals surface area contributed by atoms with Crippen LogP contribution in [0.3, 0.4) is 0 Å². The number of anilines is 3. The van der Waals surface area contributed by atoms with Gasteiger partial charge in [-0.15, -0.1) is 0 Å². The Morgan fingerprint density at radius 2 is 1.37 bits per heavy atom. The average Bonchev–Trinajstić information content (AvgIpc) is 3.35. The first-order chi connectivity index (χ1) is 17.2. The van der Waals surface area contributed by atoms with Crippen LogP contribution >= 0.6 is 0 Å². The SMILES string of the molecule is CCN(CC)c1ccc(C=CC2=NN(c3ccccc3)C(c3ccccc3N(CC)CC)C2)cc1. The molecule has 0 aromatic heterocycles. The van der Waals surface area contributed by atoms with Gasteiger partial charge in [0, 0.05) is 49.5 Å². The number of hydrogen-bond acceptors (Lipinski definition) is 4. The van der Waals surface area contributed by atoms with Crippen molar-refractivity contribution in [3.63, 3.8) is 0 Å². The van der Waals surface area contributed by atoms with Crippen LogP contribution in [0.15, 0.2) is 90.0 Å². The number of rotatable bonds is 10. The third-order valence-electron chi connectivity index (χ3n) is 6.84. The molecule has 3 aromatic carbocycles. The molecule has 1 heterocycles. The second-order valence-corrected chi connectivity index (χ2v) is 8.82. The second-order valence-electron chi connectivity index (χ2n) is 8.82. The van der Waals surface area contributed by atoms with Gasteiger partial charge < -0.3 is 9.80 Å². The highest BCUT2D eigenvalue weighted by atomic mass is 15.5. The maximum atomic E-state index is 5.09. The molecule has 0 radical (unpaired) electrons. The minimum absolute atomic E-state index is 0.166. The molecule has 1 atom stereocenters. The molecule has 1 unspecified atom stereocenters. The van der Waals surface area contributed by atoms with Gasteiger partial charge in [-0.2, -0.15) is 5.10 Å². The summed E-state index contributed by atoms with van der Waals surface area (Å²) in [6.45, 7) is 12.9. The van der Waals surface area contributed by atoms with Gasteiger partial charge in [0.05, 0.1) is 17.4 Å². The van der Waals surface area contributed by atoms with Crippen molar-refractivity contribution < 1.29 is 0 Å². The Labute approximate surface area is 211 Å². The number of nitrogens with zero attached hydrogens (tertiary/aromatic N) is 4. The van der Waals surface area contributed by atoms with Crippen LogP contribution in [0.2, 0.25) is 0 Å². The normalized spacial score (nSPS) is 15.5. The van der Waals surface area contributed by atoms with E-state index in [0.717, 1.165) is 44.0 Å². The summed E-state index contributed by atoms with van der Waals surface area (Å²) < 4.78 is 0. The minimum atomic E-state index is 0.166. The largest absolute Gasteiger partial charge is 0.372 e. The highest BCUT2D eigenvalue weighted by Gasteiger charge is 2.30. The molecule has 1 aliphatic rings. The Morgan fingerprint density at radius 1 is 0.743 bits per heavy atom. The zero-order valence-electron chi connectivity index (χ0n) is 21.6. The van der Waals surface area contributed by atoms with Gasteiger partial charge in [0.2, 0.25) is 0 Å². The predicted octanol–water partition coefficient (Wildman–Crippen LogP) is 7.40. The zero-order chi connectivity index (χ0) is 24.6. The Kier molecular flexibility index (Phi) is 8.25. The van der Waals surface area contributed by atoms with Crippen LogP contribution in [0.5, 0.6) is 0 Å². The predicted molar refractivity (Wildman–Crippen MR) is 153 cm³/mol. The van der Waals surface area contributed by atoms with Crippen LogP contribution in [0.25, 0.3) is 6.08 Å². The van der Waals surface area contributed by atoms with E-state index in [-0.39, 0.29) is 6.04 Å². The van der Waals surface area contributed by atoms with Crippen LogP contribution < -0.4 is 14.8 Å². The highest BCUT2D eigenvalue weighted by Crippen LogP contribution is 2.39. The van der Waals surface area contributed by atoms with E-state index >= 15 is 0 Å². The smallest absolute Gasteiger partial charge is 0.0851 e. The van der Waals surface area contributed by atoms with Gasteiger partial charge >= 0.3 is 0 Å². The fraction of sp³-hybridized carbons (Fsp3) is 0.323. The van der Waals surface area contributed by atoms with E-state index in [4.69, 9.17) is 5.10 Å². The molecule has 35 heavy (non-hydrogen) atoms. The van der Waals surface area contributed by atoms with Crippen LogP contribution in [0.4, 0.5) is 17.1 Å². The molecule has 0 fully saturated rings. The van der Waals surface area contributed by atoms with Crippen LogP contribution in [0, 0.1) is 0 Å². The maximum absolute atomic E-state index is 5.09. The Hall–Kier alpha value is -3.53. The van der Waals surface area contributed by atoms with Crippen molar-refractivity contribution in [2.24, 2.45) is 5.10 Å². The van der Waals surface area contributed by atoms with Gasteiger partial charge in [0.15, 0.2) is 0 Å². The Morgan fingerprint density at radius 3 is 2.03 bits per heavy atom. The minimum Gasteiger partial charge on any atom is -0.372 e. The molecule has 182 valence electrons. The first-order valence-electron chi connectivity index (χ1n) is 13.0. The molecular weight excluding hydrogens is 428 g/mol. The molecule has 0 saturated carbocycles. The van der Waals surface area contributed by atoms with Crippen molar-refractivity contribution in [1.82, 2.24) is 0 Å². The van der Waals surface area contributed by atoms with Crippen molar-refractivity contribution in [2.45, 2.75) is 40.2 Å². The number of hydrogen-bond donors (Lipinski definition) is 0. The van der Waals surface area contributed by atoms with E-state index in [1.165, 1.54) is 22.5 Å². The first kappa shape index (κ1) is 24.6. The van der Waals surface area contributed by atoms with Crippen LogP contribution in [-0.4, -0.2) is 31.9 Å². The standard InChI is InChI=1S/C31H38N4/c1-5-33(6-2)27-22-19-25(20-23-27)18-21-26-24-31(35(32-26)28-14-10-9-11-15-28)29-16-12-13-17-30(29)34(7-3)8-4/h9-23,31H,5-8,24H2,1-4H3. The topological polar surface area (TPSA) is 22.1 Å². The second kappa shape index (κ2) is 11.7. The van der Waals surface area contributed by atoms with E-state index < -0.39 is 0 Å². The molecule has 1 aliphatic heterocycles. The molecule has 0 N–H and O–H groups in total. The summed E-state index contributed by atoms with van der Waals surface area (Å²) >= 11 is 0. The van der Waals surface area contributed by atoms with Crippen molar-refractivity contribution in [2.75, 3.05) is 41.0 Å². The van der Waals surface area contributed by atoms with Crippen molar-refractivity contribution in [3.05, 3.63) is 96.1 Å². The van der Waals surface area contributed by atoms with E-state index in [1.807, 2.05) is 0 Å². The van der Waals surface area contributed by atoms with E-state index in [1.54, 1.807) is 0 Å². The summed E-state index contributed by atoms with van der Waals surface area (Å²) in [4.78, 5) is 4.80. The van der Waals surface area contributed by atoms with Gasteiger partial charge in [-0.1, -0.05) is 54.6 Å². The molecular formula is C31H38N4. The quantitative estimate of drug-likeness (QED) is 0.311. The summed E-state index contributed by atoms with van der Waals surface area (Å²) in [6, 6.07) is 28.3.